The van der Waals surface area contributed by atoms with Crippen LogP contribution in [0.2, 0.25) is 0 Å². The number of pyridine rings is 1. The van der Waals surface area contributed by atoms with Gasteiger partial charge < -0.3 is 10.2 Å². The van der Waals surface area contributed by atoms with E-state index in [1.807, 2.05) is 11.0 Å². The first-order valence-corrected chi connectivity index (χ1v) is 9.61. The smallest absolute Gasteiger partial charge is 0.239 e. The number of likely N-dealkylation sites (N-methyl/N-ethyl adjacent to an activating group) is 1. The lowest BCUT2D eigenvalue weighted by atomic mass is 10.1. The molecule has 0 aromatic carbocycles. The SMILES string of the molecule is CN(CC(=O)Nc1ccc(Br)cn1)CC(=O)N1CCc2sccc2C1. The molecule has 3 rings (SSSR count). The van der Waals surface area contributed by atoms with Crippen LogP contribution in [0.15, 0.2) is 34.2 Å². The van der Waals surface area contributed by atoms with Crippen LogP contribution in [0.5, 0.6) is 0 Å². The zero-order valence-electron chi connectivity index (χ0n) is 13.9. The van der Waals surface area contributed by atoms with Crippen LogP contribution in [0.25, 0.3) is 0 Å². The lowest BCUT2D eigenvalue weighted by molar-refractivity contribution is -0.133. The van der Waals surface area contributed by atoms with Gasteiger partial charge >= 0.3 is 0 Å². The van der Waals surface area contributed by atoms with Crippen LogP contribution in [-0.4, -0.2) is 53.3 Å². The van der Waals surface area contributed by atoms with Crippen molar-refractivity contribution in [2.45, 2.75) is 13.0 Å². The van der Waals surface area contributed by atoms with E-state index in [1.165, 1.54) is 10.4 Å². The Labute approximate surface area is 159 Å². The second-order valence-corrected chi connectivity index (χ2v) is 7.93. The number of nitrogens with zero attached hydrogens (tertiary/aromatic N) is 3. The summed E-state index contributed by atoms with van der Waals surface area (Å²) in [4.78, 5) is 33.6. The number of aromatic nitrogens is 1. The number of hydrogen-bond acceptors (Lipinski definition) is 5. The van der Waals surface area contributed by atoms with Crippen molar-refractivity contribution in [3.05, 3.63) is 44.7 Å². The number of rotatable bonds is 5. The van der Waals surface area contributed by atoms with Gasteiger partial charge in [0.05, 0.1) is 13.1 Å². The van der Waals surface area contributed by atoms with Crippen LogP contribution >= 0.6 is 27.3 Å². The molecule has 2 aromatic rings. The summed E-state index contributed by atoms with van der Waals surface area (Å²) < 4.78 is 0.850. The zero-order chi connectivity index (χ0) is 17.8. The second kappa shape index (κ2) is 8.07. The van der Waals surface area contributed by atoms with Crippen molar-refractivity contribution in [3.63, 3.8) is 0 Å². The summed E-state index contributed by atoms with van der Waals surface area (Å²) in [6.07, 6.45) is 2.54. The molecule has 0 spiro atoms. The first kappa shape index (κ1) is 18.0. The monoisotopic (exact) mass is 422 g/mol. The van der Waals surface area contributed by atoms with Gasteiger partial charge in [0.25, 0.3) is 0 Å². The van der Waals surface area contributed by atoms with Gasteiger partial charge in [-0.15, -0.1) is 11.3 Å². The Balaban J connectivity index is 1.47. The van der Waals surface area contributed by atoms with Gasteiger partial charge in [0.15, 0.2) is 0 Å². The molecule has 0 unspecified atom stereocenters. The van der Waals surface area contributed by atoms with E-state index in [1.54, 1.807) is 35.5 Å². The van der Waals surface area contributed by atoms with Gasteiger partial charge in [0.2, 0.25) is 11.8 Å². The highest BCUT2D eigenvalue weighted by atomic mass is 79.9. The zero-order valence-corrected chi connectivity index (χ0v) is 16.3. The van der Waals surface area contributed by atoms with Gasteiger partial charge in [0, 0.05) is 28.6 Å². The second-order valence-electron chi connectivity index (χ2n) is 6.02. The molecule has 0 fully saturated rings. The molecule has 3 heterocycles. The first-order valence-electron chi connectivity index (χ1n) is 7.94. The van der Waals surface area contributed by atoms with E-state index in [0.29, 0.717) is 12.4 Å². The molecule has 0 saturated heterocycles. The Hall–Kier alpha value is -1.77. The minimum Gasteiger partial charge on any atom is -0.337 e. The van der Waals surface area contributed by atoms with Crippen LogP contribution in [0.4, 0.5) is 5.82 Å². The summed E-state index contributed by atoms with van der Waals surface area (Å²) >= 11 is 5.05. The number of carbonyl (C=O) groups excluding carboxylic acids is 2. The van der Waals surface area contributed by atoms with Crippen LogP contribution in [0, 0.1) is 0 Å². The van der Waals surface area contributed by atoms with Crippen molar-refractivity contribution >= 4 is 44.9 Å². The molecule has 1 aliphatic heterocycles. The number of hydrogen-bond donors (Lipinski definition) is 1. The molecule has 0 saturated carbocycles. The Kier molecular flexibility index (Phi) is 5.82. The lowest BCUT2D eigenvalue weighted by Gasteiger charge is -2.28. The summed E-state index contributed by atoms with van der Waals surface area (Å²) in [5.74, 6) is 0.353. The average molecular weight is 423 g/mol. The molecule has 25 heavy (non-hydrogen) atoms. The maximum absolute atomic E-state index is 12.5. The number of carbonyl (C=O) groups is 2. The highest BCUT2D eigenvalue weighted by molar-refractivity contribution is 9.10. The van der Waals surface area contributed by atoms with Crippen molar-refractivity contribution < 1.29 is 9.59 Å². The summed E-state index contributed by atoms with van der Waals surface area (Å²) in [7, 11) is 1.77. The van der Waals surface area contributed by atoms with Crippen molar-refractivity contribution in [2.75, 3.05) is 32.0 Å². The summed E-state index contributed by atoms with van der Waals surface area (Å²) in [5.41, 5.74) is 1.24. The van der Waals surface area contributed by atoms with Gasteiger partial charge in [-0.1, -0.05) is 0 Å². The fourth-order valence-electron chi connectivity index (χ4n) is 2.73. The average Bonchev–Trinajstić information content (AvgIpc) is 3.04. The number of nitrogens with one attached hydrogen (secondary N) is 1. The third-order valence-electron chi connectivity index (χ3n) is 3.97. The van der Waals surface area contributed by atoms with E-state index in [2.05, 4.69) is 37.7 Å². The van der Waals surface area contributed by atoms with Crippen molar-refractivity contribution in [1.29, 1.82) is 0 Å². The quantitative estimate of drug-likeness (QED) is 0.802. The first-order chi connectivity index (χ1) is 12.0. The number of halogens is 1. The number of anilines is 1. The molecule has 0 aliphatic carbocycles. The topological polar surface area (TPSA) is 65.5 Å². The molecular weight excluding hydrogens is 404 g/mol. The lowest BCUT2D eigenvalue weighted by Crippen LogP contribution is -2.43. The molecule has 0 radical (unpaired) electrons. The summed E-state index contributed by atoms with van der Waals surface area (Å²) in [6, 6.07) is 5.62. The summed E-state index contributed by atoms with van der Waals surface area (Å²) in [6.45, 7) is 1.78. The standard InChI is InChI=1S/C17H19BrN4O2S/c1-21(10-16(23)20-15-3-2-13(18)8-19-15)11-17(24)22-6-4-14-12(9-22)5-7-25-14/h2-3,5,7-8H,4,6,9-11H2,1H3,(H,19,20,23). The Bertz CT molecular complexity index is 762. The molecule has 1 aliphatic rings. The van der Waals surface area contributed by atoms with Crippen LogP contribution < -0.4 is 5.32 Å². The molecular formula is C17H19BrN4O2S. The molecule has 2 aromatic heterocycles. The fraction of sp³-hybridized carbons (Fsp3) is 0.353. The van der Waals surface area contributed by atoms with Crippen molar-refractivity contribution in [1.82, 2.24) is 14.8 Å². The largest absolute Gasteiger partial charge is 0.337 e. The van der Waals surface area contributed by atoms with Gasteiger partial charge in [-0.25, -0.2) is 4.98 Å². The Morgan fingerprint density at radius 3 is 2.96 bits per heavy atom. The van der Waals surface area contributed by atoms with Crippen molar-refractivity contribution in [3.8, 4) is 0 Å². The molecule has 1 N–H and O–H groups in total. The molecule has 132 valence electrons. The van der Waals surface area contributed by atoms with Gasteiger partial charge in [-0.05, 0) is 58.5 Å². The Morgan fingerprint density at radius 1 is 1.36 bits per heavy atom. The molecule has 0 bridgehead atoms. The van der Waals surface area contributed by atoms with Crippen LogP contribution in [0.3, 0.4) is 0 Å². The summed E-state index contributed by atoms with van der Waals surface area (Å²) in [5, 5.41) is 4.80. The van der Waals surface area contributed by atoms with Crippen LogP contribution in [-0.2, 0) is 22.6 Å². The maximum Gasteiger partial charge on any atom is 0.239 e. The van der Waals surface area contributed by atoms with Gasteiger partial charge in [-0.2, -0.15) is 0 Å². The van der Waals surface area contributed by atoms with E-state index in [0.717, 1.165) is 17.4 Å². The predicted molar refractivity (Wildman–Crippen MR) is 102 cm³/mol. The molecule has 2 amide bonds. The van der Waals surface area contributed by atoms with Gasteiger partial charge in [0.1, 0.15) is 5.82 Å². The predicted octanol–water partition coefficient (Wildman–Crippen LogP) is 2.36. The minimum absolute atomic E-state index is 0.0499. The van der Waals surface area contributed by atoms with Crippen molar-refractivity contribution in [2.24, 2.45) is 0 Å². The third kappa shape index (κ3) is 4.87. The third-order valence-corrected chi connectivity index (χ3v) is 5.47. The van der Waals surface area contributed by atoms with E-state index in [9.17, 15) is 9.59 Å². The minimum atomic E-state index is -0.191. The molecule has 6 nitrogen and oxygen atoms in total. The molecule has 8 heteroatoms. The number of fused-ring (bicyclic) bond motifs is 1. The normalized spacial score (nSPS) is 13.6. The van der Waals surface area contributed by atoms with E-state index >= 15 is 0 Å². The fourth-order valence-corrected chi connectivity index (χ4v) is 3.85. The van der Waals surface area contributed by atoms with E-state index in [-0.39, 0.29) is 24.9 Å². The number of thiophene rings is 1. The highest BCUT2D eigenvalue weighted by Gasteiger charge is 2.22. The molecule has 0 atom stereocenters. The van der Waals surface area contributed by atoms with Gasteiger partial charge in [-0.3, -0.25) is 14.5 Å². The highest BCUT2D eigenvalue weighted by Crippen LogP contribution is 2.24. The maximum atomic E-state index is 12.5. The van der Waals surface area contributed by atoms with E-state index < -0.39 is 0 Å². The Morgan fingerprint density at radius 2 is 2.20 bits per heavy atom. The van der Waals surface area contributed by atoms with E-state index in [4.69, 9.17) is 0 Å². The number of amides is 2. The van der Waals surface area contributed by atoms with Crippen LogP contribution in [0.1, 0.15) is 10.4 Å².